The van der Waals surface area contributed by atoms with Gasteiger partial charge in [-0.2, -0.15) is 0 Å². The van der Waals surface area contributed by atoms with Crippen LogP contribution in [0.25, 0.3) is 0 Å². The van der Waals surface area contributed by atoms with Crippen LogP contribution in [-0.4, -0.2) is 43.3 Å². The Kier molecular flexibility index (Phi) is 4.47. The molecule has 1 saturated heterocycles. The molecule has 10 nitrogen and oxygen atoms in total. The molecule has 1 aromatic rings. The van der Waals surface area contributed by atoms with Crippen molar-refractivity contribution in [1.82, 2.24) is 9.55 Å². The number of aryl methyl sites for hydroxylation is 1. The molecule has 2 heterocycles. The number of aliphatic hydroxyl groups is 1. The van der Waals surface area contributed by atoms with Gasteiger partial charge in [0.1, 0.15) is 12.3 Å². The van der Waals surface area contributed by atoms with Crippen molar-refractivity contribution in [3.05, 3.63) is 32.6 Å². The van der Waals surface area contributed by atoms with Crippen LogP contribution in [0.1, 0.15) is 18.2 Å². The zero-order valence-corrected chi connectivity index (χ0v) is 11.9. The first-order valence-electron chi connectivity index (χ1n) is 6.03. The number of nitrogens with one attached hydrogen (secondary N) is 1. The molecule has 0 radical (unpaired) electrons. The summed E-state index contributed by atoms with van der Waals surface area (Å²) < 4.78 is 21.4. The Morgan fingerprint density at radius 3 is 2.81 bits per heavy atom. The molecule has 21 heavy (non-hydrogen) atoms. The van der Waals surface area contributed by atoms with E-state index in [4.69, 9.17) is 14.5 Å². The molecule has 0 aromatic carbocycles. The van der Waals surface area contributed by atoms with E-state index in [1.54, 1.807) is 0 Å². The number of aromatic nitrogens is 2. The van der Waals surface area contributed by atoms with Gasteiger partial charge < -0.3 is 19.6 Å². The summed E-state index contributed by atoms with van der Waals surface area (Å²) in [6.07, 6.45) is -1.57. The fourth-order valence-electron chi connectivity index (χ4n) is 2.01. The molecular weight excluding hydrogens is 309 g/mol. The molecule has 11 heteroatoms. The second-order valence-electron chi connectivity index (χ2n) is 4.70. The van der Waals surface area contributed by atoms with Crippen LogP contribution in [0.15, 0.2) is 15.8 Å². The highest BCUT2D eigenvalue weighted by Gasteiger charge is 2.37. The van der Waals surface area contributed by atoms with Crippen LogP contribution in [0, 0.1) is 6.92 Å². The molecule has 2 rings (SSSR count). The van der Waals surface area contributed by atoms with Crippen molar-refractivity contribution in [1.29, 1.82) is 0 Å². The quantitative estimate of drug-likeness (QED) is 0.494. The topological polar surface area (TPSA) is 151 Å². The van der Waals surface area contributed by atoms with E-state index in [0.29, 0.717) is 5.56 Å². The molecule has 0 aliphatic carbocycles. The average molecular weight is 324 g/mol. The number of nitrogens with zero attached hydrogens (tertiary/aromatic N) is 1. The monoisotopic (exact) mass is 324 g/mol. The molecule has 118 valence electrons. The van der Waals surface area contributed by atoms with Gasteiger partial charge in [-0.3, -0.25) is 18.9 Å². The first-order valence-corrected chi connectivity index (χ1v) is 7.56. The van der Waals surface area contributed by atoms with Gasteiger partial charge in [0.05, 0.1) is 12.7 Å². The van der Waals surface area contributed by atoms with E-state index in [0.717, 1.165) is 4.57 Å². The first kappa shape index (κ1) is 16.1. The van der Waals surface area contributed by atoms with E-state index >= 15 is 0 Å². The maximum Gasteiger partial charge on any atom is 0.469 e. The van der Waals surface area contributed by atoms with E-state index in [9.17, 15) is 19.3 Å². The second kappa shape index (κ2) is 5.84. The minimum Gasteiger partial charge on any atom is -0.390 e. The van der Waals surface area contributed by atoms with Crippen LogP contribution < -0.4 is 11.2 Å². The van der Waals surface area contributed by atoms with Gasteiger partial charge in [0.15, 0.2) is 0 Å². The number of hydrogen-bond acceptors (Lipinski definition) is 6. The van der Waals surface area contributed by atoms with Crippen LogP contribution in [0.3, 0.4) is 0 Å². The van der Waals surface area contributed by atoms with Crippen molar-refractivity contribution in [3.8, 4) is 0 Å². The third kappa shape index (κ3) is 3.88. The van der Waals surface area contributed by atoms with Crippen LogP contribution in [0.5, 0.6) is 0 Å². The molecule has 0 amide bonds. The Labute approximate surface area is 118 Å². The molecule has 0 spiro atoms. The highest BCUT2D eigenvalue weighted by Crippen LogP contribution is 2.38. The summed E-state index contributed by atoms with van der Waals surface area (Å²) in [5.41, 5.74) is -0.918. The summed E-state index contributed by atoms with van der Waals surface area (Å²) in [5.74, 6) is 0. The molecule has 4 N–H and O–H groups in total. The van der Waals surface area contributed by atoms with Gasteiger partial charge in [-0.1, -0.05) is 0 Å². The molecule has 1 fully saturated rings. The highest BCUT2D eigenvalue weighted by atomic mass is 31.2. The Morgan fingerprint density at radius 1 is 1.52 bits per heavy atom. The van der Waals surface area contributed by atoms with E-state index in [1.165, 1.54) is 13.1 Å². The number of aliphatic hydroxyl groups excluding tert-OH is 1. The van der Waals surface area contributed by atoms with Crippen molar-refractivity contribution < 1.29 is 28.7 Å². The zero-order chi connectivity index (χ0) is 15.8. The lowest BCUT2D eigenvalue weighted by molar-refractivity contribution is -0.0451. The van der Waals surface area contributed by atoms with Crippen molar-refractivity contribution in [2.24, 2.45) is 0 Å². The van der Waals surface area contributed by atoms with Gasteiger partial charge in [0.25, 0.3) is 5.56 Å². The zero-order valence-electron chi connectivity index (χ0n) is 11.0. The Hall–Kier alpha value is -1.29. The average Bonchev–Trinajstić information content (AvgIpc) is 2.72. The maximum atomic E-state index is 11.7. The highest BCUT2D eigenvalue weighted by molar-refractivity contribution is 7.46. The van der Waals surface area contributed by atoms with Crippen LogP contribution in [0.2, 0.25) is 0 Å². The molecule has 0 saturated carbocycles. The van der Waals surface area contributed by atoms with Crippen molar-refractivity contribution in [2.75, 3.05) is 6.61 Å². The number of phosphoric ester groups is 1. The third-order valence-corrected chi connectivity index (χ3v) is 3.55. The van der Waals surface area contributed by atoms with E-state index in [1.807, 2.05) is 0 Å². The Morgan fingerprint density at radius 2 is 2.19 bits per heavy atom. The van der Waals surface area contributed by atoms with Crippen molar-refractivity contribution in [2.45, 2.75) is 31.8 Å². The summed E-state index contributed by atoms with van der Waals surface area (Å²) in [5, 5.41) is 9.79. The number of H-pyrrole nitrogens is 1. The predicted molar refractivity (Wildman–Crippen MR) is 68.6 cm³/mol. The number of ether oxygens (including phenoxy) is 1. The predicted octanol–water partition coefficient (Wildman–Crippen LogP) is -1.40. The van der Waals surface area contributed by atoms with Gasteiger partial charge in [-0.15, -0.1) is 0 Å². The van der Waals surface area contributed by atoms with Crippen LogP contribution in [-0.2, 0) is 13.8 Å². The summed E-state index contributed by atoms with van der Waals surface area (Å²) in [6.45, 7) is 0.994. The molecule has 0 unspecified atom stereocenters. The lowest BCUT2D eigenvalue weighted by Crippen LogP contribution is -2.33. The van der Waals surface area contributed by atoms with Crippen LogP contribution in [0.4, 0.5) is 0 Å². The number of aromatic amines is 1. The van der Waals surface area contributed by atoms with E-state index in [2.05, 4.69) is 9.51 Å². The van der Waals surface area contributed by atoms with Gasteiger partial charge in [-0.25, -0.2) is 9.36 Å². The fourth-order valence-corrected chi connectivity index (χ4v) is 2.35. The SMILES string of the molecule is Cc1c[15n]([C@H]2C[C@H](O)[C@@H](COP(=O)(O)O)O2)c(=O)[15nH]c1=O. The maximum absolute atomic E-state index is 11.7. The fraction of sp³-hybridized carbons (Fsp3) is 0.600. The number of rotatable bonds is 4. The molecule has 1 aliphatic rings. The number of phosphoric acid groups is 1. The Bertz CT molecular complexity index is 676. The molecule has 3 atom stereocenters. The normalized spacial score (nSPS) is 26.2. The molecular formula is C10H15N2O8P. The van der Waals surface area contributed by atoms with Crippen molar-refractivity contribution >= 4 is 7.82 Å². The van der Waals surface area contributed by atoms with Crippen molar-refractivity contribution in [3.63, 3.8) is 0 Å². The smallest absolute Gasteiger partial charge is 0.390 e. The van der Waals surface area contributed by atoms with Gasteiger partial charge >= 0.3 is 13.5 Å². The standard InChI is InChI=1S/C10H15N2O8P/c1-5-3-12(10(15)11-9(5)14)8-2-6(13)7(20-8)4-19-21(16,17)18/h3,6-8,13H,2,4H2,1H3,(H,11,14,15)(H2,16,17,18)/t6-,7+,8+/m0/s1/i11+1,12+1. The van der Waals surface area contributed by atoms with Crippen LogP contribution >= 0.6 is 7.82 Å². The largest absolute Gasteiger partial charge is 0.469 e. The van der Waals surface area contributed by atoms with Gasteiger partial charge in [0.2, 0.25) is 0 Å². The lowest BCUT2D eigenvalue weighted by Gasteiger charge is -2.16. The summed E-state index contributed by atoms with van der Waals surface area (Å²) >= 11 is 0. The lowest BCUT2D eigenvalue weighted by atomic mass is 10.2. The first-order chi connectivity index (χ1) is 9.67. The number of hydrogen-bond donors (Lipinski definition) is 4. The van der Waals surface area contributed by atoms with E-state index < -0.39 is 44.1 Å². The molecule has 1 aliphatic heterocycles. The Balaban J connectivity index is 2.14. The minimum absolute atomic E-state index is 0.0283. The second-order valence-corrected chi connectivity index (χ2v) is 5.94. The summed E-state index contributed by atoms with van der Waals surface area (Å²) in [4.78, 5) is 42.3. The van der Waals surface area contributed by atoms with Gasteiger partial charge in [0, 0.05) is 18.2 Å². The summed E-state index contributed by atoms with van der Waals surface area (Å²) in [6, 6.07) is 0. The summed E-state index contributed by atoms with van der Waals surface area (Å²) in [7, 11) is -4.67. The third-order valence-electron chi connectivity index (χ3n) is 3.07. The molecule has 1 aromatic heterocycles. The molecule has 0 bridgehead atoms. The van der Waals surface area contributed by atoms with Gasteiger partial charge in [-0.05, 0) is 6.92 Å². The minimum atomic E-state index is -4.67. The van der Waals surface area contributed by atoms with E-state index in [-0.39, 0.29) is 6.42 Å².